The van der Waals surface area contributed by atoms with Crippen LogP contribution >= 0.6 is 24.8 Å². The first-order chi connectivity index (χ1) is 48.2. The van der Waals surface area contributed by atoms with E-state index in [0.717, 1.165) is 60.1 Å². The number of hydrogen-bond acceptors (Lipinski definition) is 17. The molecule has 28 heteroatoms. The molecule has 0 spiro atoms. The summed E-state index contributed by atoms with van der Waals surface area (Å²) in [7, 11) is -7.69. The van der Waals surface area contributed by atoms with Gasteiger partial charge in [0.05, 0.1) is 63.6 Å². The molecule has 0 unspecified atom stereocenters. The van der Waals surface area contributed by atoms with Crippen LogP contribution in [0.5, 0.6) is 11.8 Å². The lowest BCUT2D eigenvalue weighted by molar-refractivity contribution is -0.140. The van der Waals surface area contributed by atoms with Gasteiger partial charge in [-0.2, -0.15) is 0 Å². The Bertz CT molecular complexity index is 4610. The van der Waals surface area contributed by atoms with Crippen molar-refractivity contribution in [3.05, 3.63) is 121 Å². The van der Waals surface area contributed by atoms with Gasteiger partial charge in [-0.15, -0.1) is 24.8 Å². The number of rotatable bonds is 11. The molecule has 8 aliphatic rings. The van der Waals surface area contributed by atoms with Crippen LogP contribution in [0.3, 0.4) is 0 Å². The number of allylic oxidation sites excluding steroid dienone is 4. The largest absolute Gasteiger partial charge is 0.472 e. The maximum atomic E-state index is 14.6. The fourth-order valence-electron chi connectivity index (χ4n) is 15.0. The van der Waals surface area contributed by atoms with E-state index in [4.69, 9.17) is 24.9 Å². The Balaban J connectivity index is 0.000000204. The zero-order valence-corrected chi connectivity index (χ0v) is 61.0. The highest BCUT2D eigenvalue weighted by Crippen LogP contribution is 2.59. The lowest BCUT2D eigenvalue weighted by Gasteiger charge is -2.30. The van der Waals surface area contributed by atoms with Gasteiger partial charge in [-0.05, 0) is 157 Å². The molecule has 0 radical (unpaired) electrons. The first-order valence-electron chi connectivity index (χ1n) is 35.4. The molecule has 0 bridgehead atoms. The van der Waals surface area contributed by atoms with Crippen LogP contribution in [-0.2, 0) is 53.6 Å². The molecule has 2 saturated heterocycles. The number of benzene rings is 4. The first-order valence-corrected chi connectivity index (χ1v) is 38.4. The Kier molecular flexibility index (Phi) is 22.7. The van der Waals surface area contributed by atoms with Crippen LogP contribution in [-0.4, -0.2) is 143 Å². The van der Waals surface area contributed by atoms with Crippen LogP contribution in [0.4, 0.5) is 13.6 Å². The van der Waals surface area contributed by atoms with Crippen molar-refractivity contribution >= 4 is 129 Å². The van der Waals surface area contributed by atoms with Crippen molar-refractivity contribution in [2.45, 2.75) is 202 Å². The number of amides is 5. The summed E-state index contributed by atoms with van der Waals surface area (Å²) in [4.78, 5) is 110. The SMILES string of the molecule is CC(C)(C)OC(=O)N[C@H]1CCCCC/C=C\[C@@H]2C[C@@]2(C(=O)NS(=O)(=O)C2CC2)CC(=O)[C@@H]2C[C@@H](Oc3nc4ccccc4c4ccc(F)cc34)CN2C1=O.Cl.Cl.N[C@H]1CCCCC/C=C\[C@@H]2C[C@@]2(C(=O)NS(=O)(=O)C2CC2)CC(=O)[C@@H]2C[C@@H](Oc3nc4ccccc4c4ccc(F)cc34)CN2C1=O. The van der Waals surface area contributed by atoms with Crippen molar-refractivity contribution in [2.75, 3.05) is 13.1 Å². The number of hydrogen-bond donors (Lipinski definition) is 4. The van der Waals surface area contributed by atoms with Crippen LogP contribution in [0.1, 0.15) is 149 Å². The van der Waals surface area contributed by atoms with Gasteiger partial charge in [0.15, 0.2) is 11.6 Å². The maximum absolute atomic E-state index is 14.6. The van der Waals surface area contributed by atoms with Gasteiger partial charge in [0.25, 0.3) is 0 Å². The van der Waals surface area contributed by atoms with Gasteiger partial charge in [0, 0.05) is 47.2 Å². The molecule has 4 aromatic carbocycles. The molecule has 6 aromatic rings. The number of Topliss-reactive ketones (excluding diaryl/α,β-unsaturated/α-hetero) is 2. The summed E-state index contributed by atoms with van der Waals surface area (Å²) in [5, 5.41) is 5.58. The van der Waals surface area contributed by atoms with Crippen molar-refractivity contribution in [3.63, 3.8) is 0 Å². The average Bonchev–Trinajstić information content (AvgIpc) is 1.55. The molecular weight excluding hydrogens is 1410 g/mol. The minimum Gasteiger partial charge on any atom is -0.472 e. The molecule has 4 aliphatic carbocycles. The number of ketones is 2. The maximum Gasteiger partial charge on any atom is 0.408 e. The van der Waals surface area contributed by atoms with Crippen molar-refractivity contribution in [3.8, 4) is 11.8 Å². The van der Waals surface area contributed by atoms with Gasteiger partial charge in [0.1, 0.15) is 35.5 Å². The van der Waals surface area contributed by atoms with E-state index >= 15 is 0 Å². The van der Waals surface area contributed by atoms with Gasteiger partial charge in [-0.25, -0.2) is 40.4 Å². The van der Waals surface area contributed by atoms with Crippen molar-refractivity contribution in [1.82, 2.24) is 34.5 Å². The molecule has 2 aromatic heterocycles. The number of pyridine rings is 2. The van der Waals surface area contributed by atoms with Crippen LogP contribution in [0, 0.1) is 34.3 Å². The van der Waals surface area contributed by atoms with E-state index in [1.54, 1.807) is 32.9 Å². The lowest BCUT2D eigenvalue weighted by atomic mass is 9.91. The van der Waals surface area contributed by atoms with Gasteiger partial charge in [-0.1, -0.05) is 98.5 Å². The standard InChI is InChI=1S/C40H47FN4O8S.C35H39FN4O6S.2ClH/c1-39(2,3)53-38(49)43-32-14-8-6-4-5-7-11-24-21-40(24,37(48)44-54(50,51)27-16-17-27)22-34(46)33-20-26(23-45(33)36(32)47)52-35-30-19-25(41)15-18-28(30)29-12-9-10-13-31(29)42-35;36-22-12-15-25-26-9-6-7-11-29(26)38-32(27(25)16-22)46-23-17-30-31(41)19-35(34(43)39-47(44,45)24-13-14-24)18-21(35)8-4-2-1-3-5-10-28(37)33(42)40(30)20-23;;/h7,9-13,15,18-19,24,26-27,32-33H,4-6,8,14,16-17,20-23H2,1-3H3,(H,43,49)(H,44,48);4,6-9,11-12,15-16,21,23-24,28,30H,1-3,5,10,13-14,17-20,37H2,(H,39,43);2*1H/b11-7-;8-4-;;/t24-,26-,32+,33+,40-;21-,23-,28+,30+,35-;;/m11../s1. The number of nitrogens with zero attached hydrogens (tertiary/aromatic N) is 4. The van der Waals surface area contributed by atoms with Crippen LogP contribution in [0.25, 0.3) is 43.4 Å². The second kappa shape index (κ2) is 30.7. The van der Waals surface area contributed by atoms with Gasteiger partial charge < -0.3 is 35.1 Å². The van der Waals surface area contributed by atoms with Crippen LogP contribution in [0.15, 0.2) is 109 Å². The average molecular weight is 1500 g/mol. The lowest BCUT2D eigenvalue weighted by Crippen LogP contribution is -2.53. The van der Waals surface area contributed by atoms with E-state index in [1.165, 1.54) is 34.1 Å². The molecule has 4 saturated carbocycles. The Morgan fingerprint density at radius 3 is 1.45 bits per heavy atom. The molecule has 14 rings (SSSR count). The zero-order valence-electron chi connectivity index (χ0n) is 57.7. The molecular formula is C75H88Cl2F2N8O14S2. The summed E-state index contributed by atoms with van der Waals surface area (Å²) >= 11 is 0. The second-order valence-corrected chi connectivity index (χ2v) is 33.6. The summed E-state index contributed by atoms with van der Waals surface area (Å²) in [6.45, 7) is 5.18. The van der Waals surface area contributed by atoms with E-state index in [0.29, 0.717) is 86.0 Å². The molecule has 4 aliphatic heterocycles. The highest BCUT2D eigenvalue weighted by molar-refractivity contribution is 7.91. The van der Waals surface area contributed by atoms with Crippen LogP contribution in [0.2, 0.25) is 0 Å². The van der Waals surface area contributed by atoms with E-state index in [-0.39, 0.29) is 98.9 Å². The van der Waals surface area contributed by atoms with Crippen molar-refractivity contribution in [2.24, 2.45) is 28.4 Å². The number of para-hydroxylation sites is 2. The van der Waals surface area contributed by atoms with E-state index in [1.807, 2.05) is 72.8 Å². The number of fused-ring (bicyclic) bond motifs is 10. The van der Waals surface area contributed by atoms with E-state index in [9.17, 15) is 59.2 Å². The molecule has 5 amide bonds. The smallest absolute Gasteiger partial charge is 0.408 e. The summed E-state index contributed by atoms with van der Waals surface area (Å²) in [6.07, 6.45) is 14.8. The number of alkyl carbamates (subject to hydrolysis) is 1. The van der Waals surface area contributed by atoms with Crippen molar-refractivity contribution in [1.29, 1.82) is 0 Å². The molecule has 6 heterocycles. The highest BCUT2D eigenvalue weighted by atomic mass is 35.5. The van der Waals surface area contributed by atoms with E-state index < -0.39 is 125 Å². The topological polar surface area (TPSA) is 310 Å². The third-order valence-corrected chi connectivity index (χ3v) is 24.6. The minimum absolute atomic E-state index is 0. The second-order valence-electron chi connectivity index (χ2n) is 29.7. The number of aromatic nitrogens is 2. The Morgan fingerprint density at radius 1 is 0.563 bits per heavy atom. The number of halogens is 4. The molecule has 103 heavy (non-hydrogen) atoms. The predicted octanol–water partition coefficient (Wildman–Crippen LogP) is 11.0. The highest BCUT2D eigenvalue weighted by Gasteiger charge is 2.63. The Labute approximate surface area is 609 Å². The zero-order chi connectivity index (χ0) is 71.3. The number of nitrogens with two attached hydrogens (primary N) is 1. The first kappa shape index (κ1) is 76.2. The van der Waals surface area contributed by atoms with Crippen molar-refractivity contribution < 1.29 is 73.4 Å². The fraction of sp³-hybridized carbons (Fsp3) is 0.507. The Morgan fingerprint density at radius 2 is 1.00 bits per heavy atom. The number of ether oxygens (including phenoxy) is 3. The predicted molar refractivity (Wildman–Crippen MR) is 388 cm³/mol. The number of carbonyl (C=O) groups is 7. The molecule has 5 N–H and O–H groups in total. The molecule has 10 atom stereocenters. The summed E-state index contributed by atoms with van der Waals surface area (Å²) < 4.78 is 103. The summed E-state index contributed by atoms with van der Waals surface area (Å²) in [5.74, 6) is -4.21. The van der Waals surface area contributed by atoms with Crippen LogP contribution < -0.4 is 30.0 Å². The quantitative estimate of drug-likeness (QED) is 0.0692. The third kappa shape index (κ3) is 16.9. The summed E-state index contributed by atoms with van der Waals surface area (Å²) in [6, 6.07) is 19.8. The minimum atomic E-state index is -3.87. The number of nitrogens with one attached hydrogen (secondary N) is 3. The van der Waals surface area contributed by atoms with Gasteiger partial charge in [-0.3, -0.25) is 38.2 Å². The molecule has 22 nitrogen and oxygen atoms in total. The molecule has 552 valence electrons. The fourth-order valence-corrected chi connectivity index (χ4v) is 17.8. The van der Waals surface area contributed by atoms with Gasteiger partial charge in [0.2, 0.25) is 55.4 Å². The van der Waals surface area contributed by atoms with Gasteiger partial charge >= 0.3 is 6.09 Å². The monoisotopic (exact) mass is 1500 g/mol. The number of carbonyl (C=O) groups excluding carboxylic acids is 7. The third-order valence-electron chi connectivity index (χ3n) is 21.0. The normalized spacial score (nSPS) is 27.7. The molecule has 6 fully saturated rings. The summed E-state index contributed by atoms with van der Waals surface area (Å²) in [5.41, 5.74) is 4.35. The van der Waals surface area contributed by atoms with E-state index in [2.05, 4.69) is 19.7 Å². The number of sulfonamides is 2. The Hall–Kier alpha value is -7.91.